The zero-order valence-electron chi connectivity index (χ0n) is 16.9. The Morgan fingerprint density at radius 3 is 2.10 bits per heavy atom. The Labute approximate surface area is 175 Å². The minimum absolute atomic E-state index is 0.0558. The van der Waals surface area contributed by atoms with Crippen LogP contribution >= 0.6 is 0 Å². The lowest BCUT2D eigenvalue weighted by atomic mass is 9.94. The largest absolute Gasteiger partial charge is 0.494 e. The van der Waals surface area contributed by atoms with Crippen molar-refractivity contribution in [2.75, 3.05) is 12.0 Å². The second-order valence-corrected chi connectivity index (χ2v) is 6.90. The molecule has 2 aromatic heterocycles. The second-order valence-electron chi connectivity index (χ2n) is 6.90. The zero-order valence-corrected chi connectivity index (χ0v) is 16.9. The topological polar surface area (TPSA) is 38.2 Å². The van der Waals surface area contributed by atoms with Gasteiger partial charge in [-0.05, 0) is 60.0 Å². The number of benzene rings is 2. The summed E-state index contributed by atoms with van der Waals surface area (Å²) in [7, 11) is 1.47. The van der Waals surface area contributed by atoms with E-state index in [1.165, 1.54) is 13.2 Å². The van der Waals surface area contributed by atoms with Gasteiger partial charge in [0, 0.05) is 12.4 Å². The number of methoxy groups -OCH3 is 1. The van der Waals surface area contributed by atoms with Crippen molar-refractivity contribution >= 4 is 11.4 Å². The number of nitrogens with zero attached hydrogens (tertiary/aromatic N) is 3. The third-order valence-electron chi connectivity index (χ3n) is 5.11. The first-order valence-corrected chi connectivity index (χ1v) is 9.71. The van der Waals surface area contributed by atoms with Gasteiger partial charge in [0.15, 0.2) is 11.6 Å². The Morgan fingerprint density at radius 1 is 0.867 bits per heavy atom. The average Bonchev–Trinajstić information content (AvgIpc) is 2.80. The van der Waals surface area contributed by atoms with Crippen LogP contribution in [-0.2, 0) is 0 Å². The highest BCUT2D eigenvalue weighted by Crippen LogP contribution is 2.38. The van der Waals surface area contributed by atoms with Crippen LogP contribution in [0.2, 0.25) is 0 Å². The van der Waals surface area contributed by atoms with Crippen LogP contribution in [-0.4, -0.2) is 17.1 Å². The van der Waals surface area contributed by atoms with Crippen molar-refractivity contribution < 1.29 is 9.13 Å². The van der Waals surface area contributed by atoms with Crippen LogP contribution in [0.5, 0.6) is 5.75 Å². The van der Waals surface area contributed by atoms with Crippen LogP contribution in [0.1, 0.15) is 18.5 Å². The van der Waals surface area contributed by atoms with Crippen LogP contribution in [0.4, 0.5) is 15.8 Å². The van der Waals surface area contributed by atoms with Crippen molar-refractivity contribution in [3.05, 3.63) is 103 Å². The molecular formula is C25H22FN3O. The summed E-state index contributed by atoms with van der Waals surface area (Å²) < 4.78 is 19.5. The molecule has 30 heavy (non-hydrogen) atoms. The summed E-state index contributed by atoms with van der Waals surface area (Å²) in [6.45, 7) is 2.12. The highest BCUT2D eigenvalue weighted by atomic mass is 19.1. The number of aromatic nitrogens is 2. The fourth-order valence-electron chi connectivity index (χ4n) is 3.69. The van der Waals surface area contributed by atoms with Gasteiger partial charge in [-0.15, -0.1) is 0 Å². The van der Waals surface area contributed by atoms with E-state index in [0.717, 1.165) is 28.1 Å². The number of hydrogen-bond acceptors (Lipinski definition) is 4. The van der Waals surface area contributed by atoms with E-state index in [1.807, 2.05) is 60.9 Å². The third kappa shape index (κ3) is 3.87. The predicted molar refractivity (Wildman–Crippen MR) is 117 cm³/mol. The third-order valence-corrected chi connectivity index (χ3v) is 5.11. The summed E-state index contributed by atoms with van der Waals surface area (Å²) in [6, 6.07) is 20.9. The van der Waals surface area contributed by atoms with E-state index < -0.39 is 0 Å². The zero-order chi connectivity index (χ0) is 20.9. The van der Waals surface area contributed by atoms with E-state index in [9.17, 15) is 4.39 Å². The van der Waals surface area contributed by atoms with Crippen molar-refractivity contribution in [1.82, 2.24) is 9.97 Å². The monoisotopic (exact) mass is 399 g/mol. The van der Waals surface area contributed by atoms with Gasteiger partial charge in [0.1, 0.15) is 0 Å². The van der Waals surface area contributed by atoms with Crippen molar-refractivity contribution in [3.63, 3.8) is 0 Å². The molecular weight excluding hydrogens is 377 g/mol. The van der Waals surface area contributed by atoms with Gasteiger partial charge in [-0.2, -0.15) is 0 Å². The van der Waals surface area contributed by atoms with Gasteiger partial charge in [-0.25, -0.2) is 4.39 Å². The summed E-state index contributed by atoms with van der Waals surface area (Å²) in [5.41, 5.74) is 4.73. The lowest BCUT2D eigenvalue weighted by Crippen LogP contribution is -2.22. The maximum atomic E-state index is 14.4. The molecule has 0 N–H and O–H groups in total. The van der Waals surface area contributed by atoms with Gasteiger partial charge in [0.2, 0.25) is 0 Å². The molecule has 4 aromatic rings. The first-order chi connectivity index (χ1) is 14.7. The fraction of sp³-hybridized carbons (Fsp3) is 0.120. The average molecular weight is 399 g/mol. The van der Waals surface area contributed by atoms with E-state index in [-0.39, 0.29) is 17.6 Å². The van der Waals surface area contributed by atoms with Crippen LogP contribution in [0.25, 0.3) is 11.1 Å². The molecule has 5 heteroatoms. The molecule has 1 atom stereocenters. The predicted octanol–water partition coefficient (Wildman–Crippen LogP) is 6.19. The van der Waals surface area contributed by atoms with Crippen molar-refractivity contribution in [3.8, 4) is 16.9 Å². The molecule has 0 fully saturated rings. The summed E-state index contributed by atoms with van der Waals surface area (Å²) in [4.78, 5) is 10.8. The van der Waals surface area contributed by atoms with Crippen LogP contribution < -0.4 is 9.64 Å². The number of hydrogen-bond donors (Lipinski definition) is 0. The van der Waals surface area contributed by atoms with Gasteiger partial charge in [-0.1, -0.05) is 30.3 Å². The molecule has 150 valence electrons. The molecule has 2 aromatic carbocycles. The maximum absolute atomic E-state index is 14.4. The Kier molecular flexibility index (Phi) is 5.70. The lowest BCUT2D eigenvalue weighted by molar-refractivity contribution is 0.386. The molecule has 0 saturated carbocycles. The Hall–Kier alpha value is -3.73. The molecule has 0 bridgehead atoms. The molecule has 0 aliphatic heterocycles. The van der Waals surface area contributed by atoms with Crippen LogP contribution in [0, 0.1) is 5.82 Å². The highest BCUT2D eigenvalue weighted by Gasteiger charge is 2.22. The summed E-state index contributed by atoms with van der Waals surface area (Å²) in [6.07, 6.45) is 7.17. The van der Waals surface area contributed by atoms with E-state index in [0.29, 0.717) is 0 Å². The first kappa shape index (κ1) is 19.6. The second kappa shape index (κ2) is 8.74. The molecule has 4 rings (SSSR count). The minimum atomic E-state index is -0.381. The number of rotatable bonds is 6. The van der Waals surface area contributed by atoms with Crippen molar-refractivity contribution in [1.29, 1.82) is 0 Å². The van der Waals surface area contributed by atoms with Crippen LogP contribution in [0.3, 0.4) is 0 Å². The van der Waals surface area contributed by atoms with Gasteiger partial charge >= 0.3 is 0 Å². The van der Waals surface area contributed by atoms with E-state index in [4.69, 9.17) is 4.74 Å². The molecule has 0 aliphatic carbocycles. The Morgan fingerprint density at radius 2 is 1.53 bits per heavy atom. The maximum Gasteiger partial charge on any atom is 0.165 e. The summed E-state index contributed by atoms with van der Waals surface area (Å²) in [5.74, 6) is -0.148. The first-order valence-electron chi connectivity index (χ1n) is 9.71. The summed E-state index contributed by atoms with van der Waals surface area (Å²) in [5, 5.41) is 0. The number of ether oxygens (including phenoxy) is 1. The number of halogens is 1. The molecule has 0 amide bonds. The van der Waals surface area contributed by atoms with E-state index >= 15 is 0 Å². The quantitative estimate of drug-likeness (QED) is 0.387. The molecule has 4 nitrogen and oxygen atoms in total. The molecule has 2 heterocycles. The van der Waals surface area contributed by atoms with E-state index in [2.05, 4.69) is 27.9 Å². The highest BCUT2D eigenvalue weighted by molar-refractivity contribution is 5.72. The smallest absolute Gasteiger partial charge is 0.165 e. The van der Waals surface area contributed by atoms with Gasteiger partial charge < -0.3 is 9.64 Å². The normalized spacial score (nSPS) is 11.7. The number of pyridine rings is 2. The van der Waals surface area contributed by atoms with Crippen LogP contribution in [0.15, 0.2) is 91.5 Å². The molecule has 0 aliphatic rings. The van der Waals surface area contributed by atoms with Gasteiger partial charge in [-0.3, -0.25) is 9.97 Å². The molecule has 1 unspecified atom stereocenters. The van der Waals surface area contributed by atoms with E-state index in [1.54, 1.807) is 18.5 Å². The number of anilines is 2. The standard InChI is InChI=1S/C25H22FN3O/c1-18(29(20-7-5-13-27-16-20)21-8-6-14-28-17-21)22-9-3-4-10-23(22)19-11-12-25(30-2)24(26)15-19/h3-18H,1-2H3. The lowest BCUT2D eigenvalue weighted by Gasteiger charge is -2.32. The van der Waals surface area contributed by atoms with Crippen molar-refractivity contribution in [2.24, 2.45) is 0 Å². The summed E-state index contributed by atoms with van der Waals surface area (Å²) >= 11 is 0. The SMILES string of the molecule is COc1ccc(-c2ccccc2C(C)N(c2cccnc2)c2cccnc2)cc1F. The van der Waals surface area contributed by atoms with Crippen molar-refractivity contribution in [2.45, 2.75) is 13.0 Å². The molecule has 0 saturated heterocycles. The Bertz CT molecular complexity index is 1080. The Balaban J connectivity index is 1.82. The molecule has 0 spiro atoms. The van der Waals surface area contributed by atoms with Gasteiger partial charge in [0.25, 0.3) is 0 Å². The fourth-order valence-corrected chi connectivity index (χ4v) is 3.69. The van der Waals surface area contributed by atoms with Gasteiger partial charge in [0.05, 0.1) is 36.9 Å². The molecule has 0 radical (unpaired) electrons. The minimum Gasteiger partial charge on any atom is -0.494 e.